The average Bonchev–Trinajstić information content (AvgIpc) is 3.23. The molecule has 4 rings (SSSR count). The third-order valence-electron chi connectivity index (χ3n) is 4.61. The predicted octanol–water partition coefficient (Wildman–Crippen LogP) is 4.14. The van der Waals surface area contributed by atoms with Crippen molar-refractivity contribution >= 4 is 17.4 Å². The molecule has 0 spiro atoms. The van der Waals surface area contributed by atoms with Gasteiger partial charge in [-0.3, -0.25) is 4.79 Å². The minimum atomic E-state index is -0.449. The first kappa shape index (κ1) is 17.1. The number of hydrogen-bond donors (Lipinski definition) is 1. The van der Waals surface area contributed by atoms with Gasteiger partial charge < -0.3 is 10.2 Å². The van der Waals surface area contributed by atoms with Gasteiger partial charge in [0.1, 0.15) is 17.8 Å². The Bertz CT molecular complexity index is 955. The van der Waals surface area contributed by atoms with Crippen LogP contribution in [-0.4, -0.2) is 29.0 Å². The lowest BCUT2D eigenvalue weighted by atomic mass is 10.1. The summed E-state index contributed by atoms with van der Waals surface area (Å²) < 4.78 is 13.5. The van der Waals surface area contributed by atoms with E-state index < -0.39 is 5.82 Å². The van der Waals surface area contributed by atoms with E-state index in [-0.39, 0.29) is 11.5 Å². The molecule has 1 saturated heterocycles. The summed E-state index contributed by atoms with van der Waals surface area (Å²) in [6, 6.07) is 15.3. The summed E-state index contributed by atoms with van der Waals surface area (Å²) >= 11 is 0. The van der Waals surface area contributed by atoms with Crippen molar-refractivity contribution in [3.8, 4) is 11.3 Å². The molecule has 0 unspecified atom stereocenters. The molecule has 1 amide bonds. The minimum Gasteiger partial charge on any atom is -0.355 e. The average molecular weight is 362 g/mol. The Morgan fingerprint density at radius 2 is 1.78 bits per heavy atom. The van der Waals surface area contributed by atoms with Gasteiger partial charge in [-0.25, -0.2) is 14.4 Å². The van der Waals surface area contributed by atoms with Crippen LogP contribution in [0, 0.1) is 5.82 Å². The molecule has 27 heavy (non-hydrogen) atoms. The Morgan fingerprint density at radius 1 is 1.00 bits per heavy atom. The lowest BCUT2D eigenvalue weighted by Crippen LogP contribution is -2.23. The summed E-state index contributed by atoms with van der Waals surface area (Å²) in [4.78, 5) is 23.8. The molecular weight excluding hydrogens is 343 g/mol. The molecule has 2 heterocycles. The molecule has 5 nitrogen and oxygen atoms in total. The van der Waals surface area contributed by atoms with E-state index in [4.69, 9.17) is 0 Å². The number of hydrogen-bond acceptors (Lipinski definition) is 4. The number of aromatic nitrogens is 2. The zero-order valence-electron chi connectivity index (χ0n) is 14.7. The number of halogens is 1. The van der Waals surface area contributed by atoms with E-state index in [2.05, 4.69) is 20.2 Å². The molecule has 6 heteroatoms. The van der Waals surface area contributed by atoms with Gasteiger partial charge in [0.05, 0.1) is 5.69 Å². The number of nitrogens with one attached hydrogen (secondary N) is 1. The second kappa shape index (κ2) is 7.53. The van der Waals surface area contributed by atoms with E-state index in [0.29, 0.717) is 17.2 Å². The van der Waals surface area contributed by atoms with Crippen molar-refractivity contribution < 1.29 is 9.18 Å². The highest BCUT2D eigenvalue weighted by molar-refractivity contribution is 6.07. The molecule has 0 atom stereocenters. The molecule has 1 aliphatic rings. The van der Waals surface area contributed by atoms with E-state index in [0.717, 1.165) is 31.5 Å². The van der Waals surface area contributed by atoms with Gasteiger partial charge >= 0.3 is 0 Å². The molecule has 2 aromatic carbocycles. The number of nitrogens with zero attached hydrogens (tertiary/aromatic N) is 3. The molecule has 0 aliphatic carbocycles. The fraction of sp³-hybridized carbons (Fsp3) is 0.190. The highest BCUT2D eigenvalue weighted by Crippen LogP contribution is 2.34. The summed E-state index contributed by atoms with van der Waals surface area (Å²) in [7, 11) is 0. The number of carbonyl (C=O) groups is 1. The summed E-state index contributed by atoms with van der Waals surface area (Å²) in [6.45, 7) is 1.77. The first-order chi connectivity index (χ1) is 13.2. The van der Waals surface area contributed by atoms with Crippen LogP contribution in [0.15, 0.2) is 60.9 Å². The van der Waals surface area contributed by atoms with Crippen molar-refractivity contribution in [2.75, 3.05) is 23.3 Å². The topological polar surface area (TPSA) is 58.1 Å². The number of rotatable bonds is 4. The van der Waals surface area contributed by atoms with Crippen LogP contribution in [0.1, 0.15) is 23.2 Å². The largest absolute Gasteiger partial charge is 0.355 e. The van der Waals surface area contributed by atoms with Crippen LogP contribution in [0.5, 0.6) is 0 Å². The molecule has 136 valence electrons. The van der Waals surface area contributed by atoms with Crippen molar-refractivity contribution in [1.29, 1.82) is 0 Å². The van der Waals surface area contributed by atoms with Crippen molar-refractivity contribution in [2.45, 2.75) is 12.8 Å². The van der Waals surface area contributed by atoms with Crippen molar-refractivity contribution in [2.24, 2.45) is 0 Å². The van der Waals surface area contributed by atoms with Gasteiger partial charge in [0.25, 0.3) is 5.91 Å². The number of benzene rings is 2. The molecule has 0 radical (unpaired) electrons. The first-order valence-electron chi connectivity index (χ1n) is 8.94. The molecule has 3 aromatic rings. The quantitative estimate of drug-likeness (QED) is 0.758. The Hall–Kier alpha value is -3.28. The first-order valence-corrected chi connectivity index (χ1v) is 8.94. The Labute approximate surface area is 156 Å². The summed E-state index contributed by atoms with van der Waals surface area (Å²) in [5.41, 5.74) is 2.34. The minimum absolute atomic E-state index is 0.255. The van der Waals surface area contributed by atoms with Crippen molar-refractivity contribution in [3.05, 3.63) is 72.3 Å². The maximum absolute atomic E-state index is 13.5. The van der Waals surface area contributed by atoms with E-state index in [1.807, 2.05) is 30.3 Å². The summed E-state index contributed by atoms with van der Waals surface area (Å²) in [6.07, 6.45) is 3.69. The third-order valence-corrected chi connectivity index (χ3v) is 4.61. The van der Waals surface area contributed by atoms with Gasteiger partial charge in [-0.15, -0.1) is 0 Å². The second-order valence-corrected chi connectivity index (χ2v) is 6.45. The van der Waals surface area contributed by atoms with Gasteiger partial charge in [-0.2, -0.15) is 0 Å². The lowest BCUT2D eigenvalue weighted by Gasteiger charge is -2.22. The zero-order valence-corrected chi connectivity index (χ0v) is 14.7. The Morgan fingerprint density at radius 3 is 2.52 bits per heavy atom. The van der Waals surface area contributed by atoms with Gasteiger partial charge in [0.2, 0.25) is 0 Å². The normalized spacial score (nSPS) is 13.6. The van der Waals surface area contributed by atoms with Gasteiger partial charge in [0.15, 0.2) is 5.82 Å². The van der Waals surface area contributed by atoms with E-state index >= 15 is 0 Å². The molecule has 1 aromatic heterocycles. The van der Waals surface area contributed by atoms with Crippen LogP contribution >= 0.6 is 0 Å². The standard InChI is InChI=1S/C21H19FN4O/c22-17-10-6-9-16(13-17)21(27)25-19-18(15-7-2-1-3-8-15)23-14-24-20(19)26-11-4-5-12-26/h1-3,6-10,13-14H,4-5,11-12H2,(H,25,27). The third kappa shape index (κ3) is 3.65. The smallest absolute Gasteiger partial charge is 0.255 e. The predicted molar refractivity (Wildman–Crippen MR) is 103 cm³/mol. The maximum Gasteiger partial charge on any atom is 0.255 e. The monoisotopic (exact) mass is 362 g/mol. The van der Waals surface area contributed by atoms with Gasteiger partial charge in [-0.05, 0) is 31.0 Å². The zero-order chi connectivity index (χ0) is 18.6. The molecule has 1 aliphatic heterocycles. The van der Waals surface area contributed by atoms with Crippen LogP contribution in [0.3, 0.4) is 0 Å². The number of carbonyl (C=O) groups excluding carboxylic acids is 1. The highest BCUT2D eigenvalue weighted by Gasteiger charge is 2.23. The highest BCUT2D eigenvalue weighted by atomic mass is 19.1. The Balaban J connectivity index is 1.77. The van der Waals surface area contributed by atoms with Crippen LogP contribution in [0.4, 0.5) is 15.9 Å². The van der Waals surface area contributed by atoms with E-state index in [1.165, 1.54) is 24.5 Å². The molecule has 1 fully saturated rings. The van der Waals surface area contributed by atoms with Crippen LogP contribution in [-0.2, 0) is 0 Å². The van der Waals surface area contributed by atoms with Crippen LogP contribution in [0.2, 0.25) is 0 Å². The van der Waals surface area contributed by atoms with E-state index in [1.54, 1.807) is 6.07 Å². The number of amides is 1. The summed E-state index contributed by atoms with van der Waals surface area (Å²) in [5, 5.41) is 2.93. The SMILES string of the molecule is O=C(Nc1c(-c2ccccc2)ncnc1N1CCCC1)c1cccc(F)c1. The molecule has 0 saturated carbocycles. The maximum atomic E-state index is 13.5. The van der Waals surface area contributed by atoms with E-state index in [9.17, 15) is 9.18 Å². The Kier molecular flexibility index (Phi) is 4.78. The van der Waals surface area contributed by atoms with Gasteiger partial charge in [-0.1, -0.05) is 36.4 Å². The molecule has 0 bridgehead atoms. The van der Waals surface area contributed by atoms with Crippen LogP contribution in [0.25, 0.3) is 11.3 Å². The molecular formula is C21H19FN4O. The second-order valence-electron chi connectivity index (χ2n) is 6.45. The fourth-order valence-corrected chi connectivity index (χ4v) is 3.29. The van der Waals surface area contributed by atoms with Crippen molar-refractivity contribution in [3.63, 3.8) is 0 Å². The summed E-state index contributed by atoms with van der Waals surface area (Å²) in [5.74, 6) is -0.136. The van der Waals surface area contributed by atoms with Gasteiger partial charge in [0, 0.05) is 24.2 Å². The molecule has 1 N–H and O–H groups in total. The number of anilines is 2. The van der Waals surface area contributed by atoms with Crippen molar-refractivity contribution in [1.82, 2.24) is 9.97 Å². The fourth-order valence-electron chi connectivity index (χ4n) is 3.29. The van der Waals surface area contributed by atoms with Crippen LogP contribution < -0.4 is 10.2 Å². The lowest BCUT2D eigenvalue weighted by molar-refractivity contribution is 0.102.